The molecule has 2 aromatic carbocycles. The van der Waals surface area contributed by atoms with E-state index in [1.807, 2.05) is 66.4 Å². The normalized spacial score (nSPS) is 15.0. The van der Waals surface area contributed by atoms with E-state index in [9.17, 15) is 9.59 Å². The number of urea groups is 1. The van der Waals surface area contributed by atoms with Crippen molar-refractivity contribution in [3.8, 4) is 0 Å². The highest BCUT2D eigenvalue weighted by molar-refractivity contribution is 5.94. The highest BCUT2D eigenvalue weighted by Gasteiger charge is 2.21. The Morgan fingerprint density at radius 2 is 1.77 bits per heavy atom. The zero-order valence-corrected chi connectivity index (χ0v) is 18.1. The van der Waals surface area contributed by atoms with Gasteiger partial charge in [-0.1, -0.05) is 30.3 Å². The Morgan fingerprint density at radius 1 is 1.06 bits per heavy atom. The topological polar surface area (TPSA) is 65.8 Å². The van der Waals surface area contributed by atoms with Crippen LogP contribution in [-0.2, 0) is 6.54 Å². The molecule has 1 fully saturated rings. The van der Waals surface area contributed by atoms with E-state index in [0.717, 1.165) is 48.2 Å². The summed E-state index contributed by atoms with van der Waals surface area (Å²) in [5, 5.41) is 3.97. The number of hydrogen-bond acceptors (Lipinski definition) is 3. The highest BCUT2D eigenvalue weighted by Crippen LogP contribution is 2.26. The van der Waals surface area contributed by atoms with Crippen LogP contribution in [0.15, 0.2) is 59.0 Å². The van der Waals surface area contributed by atoms with E-state index in [4.69, 9.17) is 4.42 Å². The molecule has 0 saturated carbocycles. The number of piperidine rings is 1. The second kappa shape index (κ2) is 9.25. The molecule has 0 aliphatic carbocycles. The molecule has 2 heterocycles. The van der Waals surface area contributed by atoms with Crippen LogP contribution in [0.3, 0.4) is 0 Å². The van der Waals surface area contributed by atoms with Gasteiger partial charge in [0.1, 0.15) is 11.3 Å². The Hall–Kier alpha value is -3.28. The van der Waals surface area contributed by atoms with E-state index in [-0.39, 0.29) is 18.0 Å². The van der Waals surface area contributed by atoms with Crippen molar-refractivity contribution in [2.24, 2.45) is 0 Å². The second-order valence-corrected chi connectivity index (χ2v) is 8.18. The fraction of sp³-hybridized carbons (Fsp3) is 0.360. The number of nitrogens with zero attached hydrogens (tertiary/aromatic N) is 2. The molecule has 31 heavy (non-hydrogen) atoms. The lowest BCUT2D eigenvalue weighted by atomic mass is 10.1. The predicted octanol–water partition coefficient (Wildman–Crippen LogP) is 4.96. The fourth-order valence-corrected chi connectivity index (χ4v) is 3.92. The largest absolute Gasteiger partial charge is 0.459 e. The first-order valence-corrected chi connectivity index (χ1v) is 10.9. The Bertz CT molecular complexity index is 1020. The Balaban J connectivity index is 1.32. The number of furan rings is 1. The molecular formula is C25H29N3O3. The standard InChI is InChI=1S/C25H29N3O3/c1-18(23-16-21-8-4-5-9-22(21)31-23)27(2)25(30)26-17-19-10-12-20(13-11-19)24(29)28-14-6-3-7-15-28/h4-5,8-13,16,18H,3,6-7,14-15,17H2,1-2H3,(H,26,30)/t18-/m0/s1. The van der Waals surface area contributed by atoms with Crippen molar-refractivity contribution in [1.82, 2.24) is 15.1 Å². The van der Waals surface area contributed by atoms with Gasteiger partial charge in [-0.15, -0.1) is 0 Å². The summed E-state index contributed by atoms with van der Waals surface area (Å²) in [5.41, 5.74) is 2.47. The van der Waals surface area contributed by atoms with Crippen molar-refractivity contribution in [3.63, 3.8) is 0 Å². The number of para-hydroxylation sites is 1. The van der Waals surface area contributed by atoms with Crippen LogP contribution in [0, 0.1) is 0 Å². The third kappa shape index (κ3) is 4.74. The monoisotopic (exact) mass is 419 g/mol. The maximum atomic E-state index is 12.6. The lowest BCUT2D eigenvalue weighted by Crippen LogP contribution is -2.38. The number of rotatable bonds is 5. The minimum absolute atomic E-state index is 0.0923. The van der Waals surface area contributed by atoms with E-state index in [1.54, 1.807) is 11.9 Å². The number of likely N-dealkylation sites (tertiary alicyclic amines) is 1. The van der Waals surface area contributed by atoms with Crippen LogP contribution in [0.25, 0.3) is 11.0 Å². The zero-order chi connectivity index (χ0) is 21.8. The summed E-state index contributed by atoms with van der Waals surface area (Å²) >= 11 is 0. The SMILES string of the molecule is C[C@@H](c1cc2ccccc2o1)N(C)C(=O)NCc1ccc(C(=O)N2CCCCC2)cc1. The first-order valence-electron chi connectivity index (χ1n) is 10.9. The molecule has 6 nitrogen and oxygen atoms in total. The maximum Gasteiger partial charge on any atom is 0.318 e. The molecule has 1 aliphatic heterocycles. The van der Waals surface area contributed by atoms with Crippen LogP contribution in [-0.4, -0.2) is 41.9 Å². The van der Waals surface area contributed by atoms with E-state index in [2.05, 4.69) is 5.32 Å². The zero-order valence-electron chi connectivity index (χ0n) is 18.1. The molecule has 4 rings (SSSR count). The number of amides is 3. The van der Waals surface area contributed by atoms with Gasteiger partial charge < -0.3 is 19.5 Å². The molecule has 162 valence electrons. The summed E-state index contributed by atoms with van der Waals surface area (Å²) in [4.78, 5) is 28.8. The number of fused-ring (bicyclic) bond motifs is 1. The molecule has 0 bridgehead atoms. The molecule has 3 amide bonds. The van der Waals surface area contributed by atoms with Crippen molar-refractivity contribution >= 4 is 22.9 Å². The average molecular weight is 420 g/mol. The summed E-state index contributed by atoms with van der Waals surface area (Å²) < 4.78 is 5.89. The summed E-state index contributed by atoms with van der Waals surface area (Å²) in [6.07, 6.45) is 3.36. The Morgan fingerprint density at radius 3 is 2.48 bits per heavy atom. The van der Waals surface area contributed by atoms with Crippen LogP contribution in [0.2, 0.25) is 0 Å². The summed E-state index contributed by atoms with van der Waals surface area (Å²) in [6, 6.07) is 16.9. The summed E-state index contributed by atoms with van der Waals surface area (Å²) in [5.74, 6) is 0.842. The first kappa shape index (κ1) is 21.0. The number of carbonyl (C=O) groups is 2. The molecule has 3 aromatic rings. The van der Waals surface area contributed by atoms with Gasteiger partial charge in [0.15, 0.2) is 0 Å². The molecule has 1 aliphatic rings. The van der Waals surface area contributed by atoms with Gasteiger partial charge in [0.05, 0.1) is 6.04 Å². The average Bonchev–Trinajstić information content (AvgIpc) is 3.26. The molecule has 6 heteroatoms. The molecule has 1 atom stereocenters. The minimum Gasteiger partial charge on any atom is -0.459 e. The van der Waals surface area contributed by atoms with Crippen molar-refractivity contribution < 1.29 is 14.0 Å². The molecule has 0 spiro atoms. The lowest BCUT2D eigenvalue weighted by Gasteiger charge is -2.26. The smallest absolute Gasteiger partial charge is 0.318 e. The highest BCUT2D eigenvalue weighted by atomic mass is 16.3. The lowest BCUT2D eigenvalue weighted by molar-refractivity contribution is 0.0724. The van der Waals surface area contributed by atoms with E-state index >= 15 is 0 Å². The fourth-order valence-electron chi connectivity index (χ4n) is 3.92. The van der Waals surface area contributed by atoms with Gasteiger partial charge in [0, 0.05) is 37.6 Å². The van der Waals surface area contributed by atoms with E-state index in [0.29, 0.717) is 12.1 Å². The van der Waals surface area contributed by atoms with Crippen molar-refractivity contribution in [2.75, 3.05) is 20.1 Å². The second-order valence-electron chi connectivity index (χ2n) is 8.18. The minimum atomic E-state index is -0.197. The Kier molecular flexibility index (Phi) is 6.26. The van der Waals surface area contributed by atoms with E-state index in [1.165, 1.54) is 6.42 Å². The third-order valence-electron chi connectivity index (χ3n) is 6.05. The van der Waals surface area contributed by atoms with Crippen molar-refractivity contribution in [3.05, 3.63) is 71.5 Å². The van der Waals surface area contributed by atoms with Gasteiger partial charge in [-0.25, -0.2) is 4.79 Å². The number of benzene rings is 2. The predicted molar refractivity (Wildman–Crippen MR) is 121 cm³/mol. The summed E-state index contributed by atoms with van der Waals surface area (Å²) in [7, 11) is 1.76. The van der Waals surface area contributed by atoms with Crippen LogP contribution >= 0.6 is 0 Å². The van der Waals surface area contributed by atoms with Crippen LogP contribution < -0.4 is 5.32 Å². The first-order chi connectivity index (χ1) is 15.0. The molecule has 0 unspecified atom stereocenters. The molecule has 1 saturated heterocycles. The van der Waals surface area contributed by atoms with E-state index < -0.39 is 0 Å². The van der Waals surface area contributed by atoms with Gasteiger partial charge >= 0.3 is 6.03 Å². The summed E-state index contributed by atoms with van der Waals surface area (Å²) in [6.45, 7) is 4.02. The maximum absolute atomic E-state index is 12.6. The van der Waals surface area contributed by atoms with Gasteiger partial charge in [0.25, 0.3) is 5.91 Å². The number of nitrogens with one attached hydrogen (secondary N) is 1. The van der Waals surface area contributed by atoms with Gasteiger partial charge in [-0.05, 0) is 56.0 Å². The number of carbonyl (C=O) groups excluding carboxylic acids is 2. The third-order valence-corrected chi connectivity index (χ3v) is 6.05. The molecule has 1 aromatic heterocycles. The van der Waals surface area contributed by atoms with Gasteiger partial charge in [0.2, 0.25) is 0 Å². The van der Waals surface area contributed by atoms with Crippen LogP contribution in [0.1, 0.15) is 53.9 Å². The van der Waals surface area contributed by atoms with Crippen molar-refractivity contribution in [2.45, 2.75) is 38.8 Å². The molecule has 0 radical (unpaired) electrons. The Labute approximate surface area is 182 Å². The van der Waals surface area contributed by atoms with Gasteiger partial charge in [-0.2, -0.15) is 0 Å². The van der Waals surface area contributed by atoms with Gasteiger partial charge in [-0.3, -0.25) is 4.79 Å². The van der Waals surface area contributed by atoms with Crippen molar-refractivity contribution in [1.29, 1.82) is 0 Å². The quantitative estimate of drug-likeness (QED) is 0.636. The molecular weight excluding hydrogens is 390 g/mol. The molecule has 1 N–H and O–H groups in total. The van der Waals surface area contributed by atoms with Crippen LogP contribution in [0.5, 0.6) is 0 Å². The van der Waals surface area contributed by atoms with Crippen LogP contribution in [0.4, 0.5) is 4.79 Å². The number of hydrogen-bond donors (Lipinski definition) is 1.